The third-order valence-electron chi connectivity index (χ3n) is 3.50. The lowest BCUT2D eigenvalue weighted by molar-refractivity contribution is -0.139. The number of ether oxygens (including phenoxy) is 1. The number of hydrogen-bond acceptors (Lipinski definition) is 3. The number of benzene rings is 2. The number of aliphatic carboxylic acids is 1. The number of carbonyl (C=O) groups excluding carboxylic acids is 1. The zero-order valence-electron chi connectivity index (χ0n) is 13.5. The molecule has 0 saturated heterocycles. The molecular weight excluding hydrogens is 351 g/mol. The second kappa shape index (κ2) is 8.37. The van der Waals surface area contributed by atoms with Gasteiger partial charge in [-0.05, 0) is 17.2 Å². The van der Waals surface area contributed by atoms with Gasteiger partial charge in [0, 0.05) is 6.42 Å². The molecule has 2 N–H and O–H groups in total. The number of hydrogen-bond donors (Lipinski definition) is 2. The van der Waals surface area contributed by atoms with Gasteiger partial charge < -0.3 is 15.2 Å². The molecule has 138 valence electrons. The van der Waals surface area contributed by atoms with Gasteiger partial charge in [-0.15, -0.1) is 0 Å². The maximum Gasteiger partial charge on any atom is 0.416 e. The number of carbonyl (C=O) groups is 2. The molecule has 8 heteroatoms. The van der Waals surface area contributed by atoms with Crippen LogP contribution in [0.3, 0.4) is 0 Å². The number of alkyl halides is 3. The molecule has 2 rings (SSSR count). The second-order valence-corrected chi connectivity index (χ2v) is 5.50. The summed E-state index contributed by atoms with van der Waals surface area (Å²) >= 11 is 0. The molecule has 5 nitrogen and oxygen atoms in total. The van der Waals surface area contributed by atoms with Crippen molar-refractivity contribution in [2.24, 2.45) is 0 Å². The minimum atomic E-state index is -4.53. The highest BCUT2D eigenvalue weighted by Crippen LogP contribution is 2.29. The van der Waals surface area contributed by atoms with E-state index in [-0.39, 0.29) is 18.6 Å². The van der Waals surface area contributed by atoms with Crippen LogP contribution in [0.2, 0.25) is 0 Å². The fourth-order valence-electron chi connectivity index (χ4n) is 2.22. The summed E-state index contributed by atoms with van der Waals surface area (Å²) in [7, 11) is 0. The molecule has 0 fully saturated rings. The average molecular weight is 367 g/mol. The Morgan fingerprint density at radius 1 is 1.04 bits per heavy atom. The number of amides is 1. The SMILES string of the molecule is O=C(NC(Cc1cccc(C(F)(F)F)c1)C(=O)O)OCc1ccccc1. The van der Waals surface area contributed by atoms with Crippen LogP contribution < -0.4 is 5.32 Å². The molecule has 2 aromatic carbocycles. The summed E-state index contributed by atoms with van der Waals surface area (Å²) in [5.74, 6) is -1.38. The Morgan fingerprint density at radius 3 is 2.31 bits per heavy atom. The number of rotatable bonds is 6. The van der Waals surface area contributed by atoms with Crippen LogP contribution in [-0.2, 0) is 28.7 Å². The zero-order valence-corrected chi connectivity index (χ0v) is 13.5. The van der Waals surface area contributed by atoms with E-state index in [0.29, 0.717) is 5.56 Å². The molecule has 1 atom stereocenters. The molecule has 0 bridgehead atoms. The van der Waals surface area contributed by atoms with E-state index in [1.807, 2.05) is 0 Å². The van der Waals surface area contributed by atoms with Crippen molar-refractivity contribution in [1.82, 2.24) is 5.32 Å². The molecular formula is C18H16F3NO4. The van der Waals surface area contributed by atoms with Gasteiger partial charge in [-0.1, -0.05) is 48.5 Å². The first-order valence-corrected chi connectivity index (χ1v) is 7.62. The van der Waals surface area contributed by atoms with E-state index in [4.69, 9.17) is 4.74 Å². The fourth-order valence-corrected chi connectivity index (χ4v) is 2.22. The van der Waals surface area contributed by atoms with Gasteiger partial charge in [0.05, 0.1) is 5.56 Å². The van der Waals surface area contributed by atoms with Crippen molar-refractivity contribution >= 4 is 12.1 Å². The maximum atomic E-state index is 12.7. The van der Waals surface area contributed by atoms with Crippen molar-refractivity contribution < 1.29 is 32.6 Å². The molecule has 0 aromatic heterocycles. The summed E-state index contributed by atoms with van der Waals surface area (Å²) < 4.78 is 43.1. The van der Waals surface area contributed by atoms with E-state index in [9.17, 15) is 27.9 Å². The van der Waals surface area contributed by atoms with Gasteiger partial charge in [0.15, 0.2) is 0 Å². The lowest BCUT2D eigenvalue weighted by Crippen LogP contribution is -2.42. The average Bonchev–Trinajstić information content (AvgIpc) is 2.60. The van der Waals surface area contributed by atoms with Gasteiger partial charge >= 0.3 is 18.2 Å². The predicted molar refractivity (Wildman–Crippen MR) is 86.3 cm³/mol. The zero-order chi connectivity index (χ0) is 19.2. The highest BCUT2D eigenvalue weighted by Gasteiger charge is 2.31. The summed E-state index contributed by atoms with van der Waals surface area (Å²) in [6.45, 7) is -0.0530. The van der Waals surface area contributed by atoms with Gasteiger partial charge in [-0.3, -0.25) is 0 Å². The lowest BCUT2D eigenvalue weighted by Gasteiger charge is -2.16. The Morgan fingerprint density at radius 2 is 1.69 bits per heavy atom. The van der Waals surface area contributed by atoms with Gasteiger partial charge in [0.1, 0.15) is 12.6 Å². The Hall–Kier alpha value is -3.03. The first-order chi connectivity index (χ1) is 12.3. The minimum absolute atomic E-state index is 0.0530. The van der Waals surface area contributed by atoms with Crippen molar-refractivity contribution in [2.75, 3.05) is 0 Å². The van der Waals surface area contributed by atoms with Gasteiger partial charge in [0.2, 0.25) is 0 Å². The van der Waals surface area contributed by atoms with Crippen molar-refractivity contribution in [3.05, 3.63) is 71.3 Å². The molecule has 0 heterocycles. The monoisotopic (exact) mass is 367 g/mol. The van der Waals surface area contributed by atoms with E-state index in [2.05, 4.69) is 5.32 Å². The van der Waals surface area contributed by atoms with Crippen LogP contribution in [0.5, 0.6) is 0 Å². The summed E-state index contributed by atoms with van der Waals surface area (Å²) in [4.78, 5) is 23.1. The molecule has 0 spiro atoms. The van der Waals surface area contributed by atoms with Crippen LogP contribution >= 0.6 is 0 Å². The van der Waals surface area contributed by atoms with E-state index in [1.165, 1.54) is 12.1 Å². The van der Waals surface area contributed by atoms with Gasteiger partial charge in [0.25, 0.3) is 0 Å². The van der Waals surface area contributed by atoms with Gasteiger partial charge in [-0.25, -0.2) is 9.59 Å². The second-order valence-electron chi connectivity index (χ2n) is 5.50. The number of carboxylic acids is 1. The van der Waals surface area contributed by atoms with Crippen LogP contribution in [0.25, 0.3) is 0 Å². The van der Waals surface area contributed by atoms with Crippen molar-refractivity contribution in [1.29, 1.82) is 0 Å². The molecule has 0 saturated carbocycles. The number of nitrogens with one attached hydrogen (secondary N) is 1. The van der Waals surface area contributed by atoms with Crippen LogP contribution in [0.15, 0.2) is 54.6 Å². The quantitative estimate of drug-likeness (QED) is 0.818. The highest BCUT2D eigenvalue weighted by atomic mass is 19.4. The normalized spacial score (nSPS) is 12.3. The maximum absolute atomic E-state index is 12.7. The van der Waals surface area contributed by atoms with Crippen LogP contribution in [0.4, 0.5) is 18.0 Å². The largest absolute Gasteiger partial charge is 0.480 e. The Bertz CT molecular complexity index is 763. The number of halogens is 3. The number of alkyl carbamates (subject to hydrolysis) is 1. The number of carboxylic acid groups (broad SMARTS) is 1. The molecule has 1 unspecified atom stereocenters. The topological polar surface area (TPSA) is 75.6 Å². The van der Waals surface area contributed by atoms with Gasteiger partial charge in [-0.2, -0.15) is 13.2 Å². The molecule has 2 aromatic rings. The van der Waals surface area contributed by atoms with Crippen LogP contribution in [0, 0.1) is 0 Å². The lowest BCUT2D eigenvalue weighted by atomic mass is 10.0. The van der Waals surface area contributed by atoms with Crippen molar-refractivity contribution in [3.8, 4) is 0 Å². The summed E-state index contributed by atoms with van der Waals surface area (Å²) in [5, 5.41) is 11.4. The fraction of sp³-hybridized carbons (Fsp3) is 0.222. The van der Waals surface area contributed by atoms with E-state index >= 15 is 0 Å². The first-order valence-electron chi connectivity index (χ1n) is 7.62. The van der Waals surface area contributed by atoms with Crippen LogP contribution in [-0.4, -0.2) is 23.2 Å². The molecule has 0 aliphatic carbocycles. The summed E-state index contributed by atoms with van der Waals surface area (Å²) in [6.07, 6.45) is -5.80. The third-order valence-corrected chi connectivity index (χ3v) is 3.50. The molecule has 26 heavy (non-hydrogen) atoms. The van der Waals surface area contributed by atoms with E-state index < -0.39 is 29.8 Å². The third kappa shape index (κ3) is 5.80. The predicted octanol–water partition coefficient (Wildman–Crippen LogP) is 3.63. The Kier molecular flexibility index (Phi) is 6.21. The summed E-state index contributed by atoms with van der Waals surface area (Å²) in [6, 6.07) is 11.6. The Labute approximate surface area is 147 Å². The Balaban J connectivity index is 1.98. The molecule has 1 amide bonds. The van der Waals surface area contributed by atoms with E-state index in [1.54, 1.807) is 30.3 Å². The minimum Gasteiger partial charge on any atom is -0.480 e. The van der Waals surface area contributed by atoms with Crippen LogP contribution in [0.1, 0.15) is 16.7 Å². The van der Waals surface area contributed by atoms with Crippen molar-refractivity contribution in [3.63, 3.8) is 0 Å². The molecule has 0 aliphatic heterocycles. The van der Waals surface area contributed by atoms with Crippen molar-refractivity contribution in [2.45, 2.75) is 25.2 Å². The van der Waals surface area contributed by atoms with E-state index in [0.717, 1.165) is 12.1 Å². The molecule has 0 aliphatic rings. The smallest absolute Gasteiger partial charge is 0.416 e. The summed E-state index contributed by atoms with van der Waals surface area (Å²) in [5.41, 5.74) is -0.0335. The standard InChI is InChI=1S/C18H16F3NO4/c19-18(20,21)14-8-4-7-13(9-14)10-15(16(23)24)22-17(25)26-11-12-5-2-1-3-6-12/h1-9,15H,10-11H2,(H,22,25)(H,23,24). The highest BCUT2D eigenvalue weighted by molar-refractivity contribution is 5.80. The first kappa shape index (κ1) is 19.3. The molecule has 0 radical (unpaired) electrons.